The van der Waals surface area contributed by atoms with Crippen LogP contribution in [-0.2, 0) is 19.0 Å². The summed E-state index contributed by atoms with van der Waals surface area (Å²) in [6.45, 7) is 4.48. The molecule has 0 amide bonds. The Morgan fingerprint density at radius 1 is 1.47 bits per heavy atom. The number of ether oxygens (including phenoxy) is 3. The summed E-state index contributed by atoms with van der Waals surface area (Å²) in [6, 6.07) is 0. The van der Waals surface area contributed by atoms with Crippen LogP contribution in [0.25, 0.3) is 0 Å². The van der Waals surface area contributed by atoms with E-state index in [0.717, 1.165) is 0 Å². The van der Waals surface area contributed by atoms with E-state index in [1.807, 2.05) is 0 Å². The molecule has 0 aliphatic rings. The zero-order valence-corrected chi connectivity index (χ0v) is 9.56. The third kappa shape index (κ3) is 7.30. The third-order valence-electron chi connectivity index (χ3n) is 1.84. The first-order valence-corrected chi connectivity index (χ1v) is 5.06. The van der Waals surface area contributed by atoms with E-state index in [2.05, 4.69) is 0 Å². The molecule has 90 valence electrons. The van der Waals surface area contributed by atoms with Gasteiger partial charge in [-0.1, -0.05) is 6.92 Å². The summed E-state index contributed by atoms with van der Waals surface area (Å²) in [4.78, 5) is 11.1. The average Bonchev–Trinajstić information content (AvgIpc) is 2.23. The summed E-state index contributed by atoms with van der Waals surface area (Å²) in [7, 11) is 1.52. The molecule has 0 saturated carbocycles. The second-order valence-corrected chi connectivity index (χ2v) is 3.25. The summed E-state index contributed by atoms with van der Waals surface area (Å²) >= 11 is 0. The molecule has 15 heavy (non-hydrogen) atoms. The molecule has 0 spiro atoms. The molecule has 2 unspecified atom stereocenters. The van der Waals surface area contributed by atoms with Crippen molar-refractivity contribution in [2.75, 3.05) is 26.9 Å². The highest BCUT2D eigenvalue weighted by Gasteiger charge is 2.16. The van der Waals surface area contributed by atoms with Crippen molar-refractivity contribution in [3.8, 4) is 0 Å². The Kier molecular flexibility index (Phi) is 8.27. The van der Waals surface area contributed by atoms with Gasteiger partial charge in [0.1, 0.15) is 0 Å². The van der Waals surface area contributed by atoms with Gasteiger partial charge in [-0.2, -0.15) is 0 Å². The lowest BCUT2D eigenvalue weighted by Crippen LogP contribution is -2.26. The smallest absolute Gasteiger partial charge is 0.308 e. The SMILES string of the molecule is CCOC(O)C(C)COC(=O)CCOC. The molecule has 0 aromatic rings. The number of carbonyl (C=O) groups is 1. The van der Waals surface area contributed by atoms with Gasteiger partial charge in [0.15, 0.2) is 6.29 Å². The fourth-order valence-electron chi connectivity index (χ4n) is 0.899. The minimum Gasteiger partial charge on any atom is -0.465 e. The van der Waals surface area contributed by atoms with Crippen molar-refractivity contribution in [3.63, 3.8) is 0 Å². The maximum Gasteiger partial charge on any atom is 0.308 e. The molecule has 0 aromatic carbocycles. The Labute approximate surface area is 90.3 Å². The average molecular weight is 220 g/mol. The number of hydrogen-bond donors (Lipinski definition) is 1. The molecule has 0 saturated heterocycles. The van der Waals surface area contributed by atoms with E-state index in [1.165, 1.54) is 7.11 Å². The first-order chi connectivity index (χ1) is 7.11. The molecule has 0 aliphatic heterocycles. The van der Waals surface area contributed by atoms with Gasteiger partial charge < -0.3 is 19.3 Å². The van der Waals surface area contributed by atoms with Crippen molar-refractivity contribution < 1.29 is 24.1 Å². The van der Waals surface area contributed by atoms with Crippen LogP contribution < -0.4 is 0 Å². The van der Waals surface area contributed by atoms with Gasteiger partial charge in [0, 0.05) is 19.6 Å². The van der Waals surface area contributed by atoms with Crippen LogP contribution in [0.15, 0.2) is 0 Å². The lowest BCUT2D eigenvalue weighted by Gasteiger charge is -2.18. The van der Waals surface area contributed by atoms with E-state index >= 15 is 0 Å². The molecule has 1 N–H and O–H groups in total. The lowest BCUT2D eigenvalue weighted by atomic mass is 10.2. The van der Waals surface area contributed by atoms with Crippen molar-refractivity contribution in [3.05, 3.63) is 0 Å². The van der Waals surface area contributed by atoms with Gasteiger partial charge >= 0.3 is 5.97 Å². The number of methoxy groups -OCH3 is 1. The quantitative estimate of drug-likeness (QED) is 0.478. The maximum atomic E-state index is 11.1. The van der Waals surface area contributed by atoms with Gasteiger partial charge in [-0.15, -0.1) is 0 Å². The van der Waals surface area contributed by atoms with Crippen molar-refractivity contribution >= 4 is 5.97 Å². The van der Waals surface area contributed by atoms with Crippen LogP contribution in [0, 0.1) is 5.92 Å². The predicted octanol–water partition coefficient (Wildman–Crippen LogP) is 0.557. The van der Waals surface area contributed by atoms with Crippen LogP contribution in [0.1, 0.15) is 20.3 Å². The Morgan fingerprint density at radius 2 is 2.13 bits per heavy atom. The first-order valence-electron chi connectivity index (χ1n) is 5.06. The van der Waals surface area contributed by atoms with Gasteiger partial charge in [-0.05, 0) is 6.92 Å². The zero-order valence-electron chi connectivity index (χ0n) is 9.56. The largest absolute Gasteiger partial charge is 0.465 e. The number of rotatable bonds is 8. The monoisotopic (exact) mass is 220 g/mol. The van der Waals surface area contributed by atoms with E-state index < -0.39 is 6.29 Å². The standard InChI is InChI=1S/C10H20O5/c1-4-14-10(12)8(2)7-15-9(11)5-6-13-3/h8,10,12H,4-7H2,1-3H3. The molecule has 0 aromatic heterocycles. The summed E-state index contributed by atoms with van der Waals surface area (Å²) in [5.74, 6) is -0.552. The molecule has 2 atom stereocenters. The van der Waals surface area contributed by atoms with Gasteiger partial charge in [-0.25, -0.2) is 0 Å². The van der Waals surface area contributed by atoms with Crippen molar-refractivity contribution in [2.45, 2.75) is 26.6 Å². The van der Waals surface area contributed by atoms with Crippen molar-refractivity contribution in [2.24, 2.45) is 5.92 Å². The van der Waals surface area contributed by atoms with Gasteiger partial charge in [-0.3, -0.25) is 4.79 Å². The molecule has 0 bridgehead atoms. The minimum absolute atomic E-state index is 0.156. The fraction of sp³-hybridized carbons (Fsp3) is 0.900. The molecule has 5 nitrogen and oxygen atoms in total. The molecular formula is C10H20O5. The Hall–Kier alpha value is -0.650. The number of esters is 1. The van der Waals surface area contributed by atoms with Gasteiger partial charge in [0.25, 0.3) is 0 Å². The Morgan fingerprint density at radius 3 is 2.67 bits per heavy atom. The van der Waals surface area contributed by atoms with Crippen LogP contribution in [-0.4, -0.2) is 44.3 Å². The van der Waals surface area contributed by atoms with Gasteiger partial charge in [0.2, 0.25) is 0 Å². The summed E-state index contributed by atoms with van der Waals surface area (Å²) in [5.41, 5.74) is 0. The normalized spacial score (nSPS) is 14.7. The zero-order chi connectivity index (χ0) is 11.7. The van der Waals surface area contributed by atoms with E-state index in [-0.39, 0.29) is 24.9 Å². The second kappa shape index (κ2) is 8.64. The molecule has 0 heterocycles. The number of hydrogen-bond acceptors (Lipinski definition) is 5. The van der Waals surface area contributed by atoms with E-state index in [4.69, 9.17) is 14.2 Å². The summed E-state index contributed by atoms with van der Waals surface area (Å²) in [6.07, 6.45) is -0.654. The van der Waals surface area contributed by atoms with Crippen molar-refractivity contribution in [1.82, 2.24) is 0 Å². The topological polar surface area (TPSA) is 65.0 Å². The van der Waals surface area contributed by atoms with Crippen LogP contribution in [0.3, 0.4) is 0 Å². The number of aliphatic hydroxyl groups excluding tert-OH is 1. The molecule has 0 aliphatic carbocycles. The van der Waals surface area contributed by atoms with Crippen LogP contribution in [0.2, 0.25) is 0 Å². The molecule has 5 heteroatoms. The summed E-state index contributed by atoms with van der Waals surface area (Å²) < 4.78 is 14.6. The van der Waals surface area contributed by atoms with Crippen molar-refractivity contribution in [1.29, 1.82) is 0 Å². The maximum absolute atomic E-state index is 11.1. The van der Waals surface area contributed by atoms with E-state index in [0.29, 0.717) is 13.2 Å². The molecule has 0 radical (unpaired) electrons. The number of aliphatic hydroxyl groups is 1. The fourth-order valence-corrected chi connectivity index (χ4v) is 0.899. The van der Waals surface area contributed by atoms with Crippen LogP contribution >= 0.6 is 0 Å². The molecule has 0 rings (SSSR count). The second-order valence-electron chi connectivity index (χ2n) is 3.25. The first kappa shape index (κ1) is 14.3. The minimum atomic E-state index is -0.884. The third-order valence-corrected chi connectivity index (χ3v) is 1.84. The highest BCUT2D eigenvalue weighted by atomic mass is 16.6. The Bertz CT molecular complexity index is 171. The van der Waals surface area contributed by atoms with E-state index in [9.17, 15) is 9.90 Å². The predicted molar refractivity (Wildman–Crippen MR) is 54.2 cm³/mol. The number of carbonyl (C=O) groups excluding carboxylic acids is 1. The highest BCUT2D eigenvalue weighted by Crippen LogP contribution is 2.05. The van der Waals surface area contributed by atoms with Crippen LogP contribution in [0.5, 0.6) is 0 Å². The van der Waals surface area contributed by atoms with E-state index in [1.54, 1.807) is 13.8 Å². The van der Waals surface area contributed by atoms with Gasteiger partial charge in [0.05, 0.1) is 19.6 Å². The highest BCUT2D eigenvalue weighted by molar-refractivity contribution is 5.69. The molecular weight excluding hydrogens is 200 g/mol. The Balaban J connectivity index is 3.60. The molecule has 0 fully saturated rings. The lowest BCUT2D eigenvalue weighted by molar-refractivity contribution is -0.159. The van der Waals surface area contributed by atoms with Crippen LogP contribution in [0.4, 0.5) is 0 Å². The summed E-state index contributed by atoms with van der Waals surface area (Å²) in [5, 5.41) is 9.37.